The van der Waals surface area contributed by atoms with Gasteiger partial charge in [-0.25, -0.2) is 4.68 Å². The van der Waals surface area contributed by atoms with Crippen molar-refractivity contribution in [3.05, 3.63) is 51.6 Å². The van der Waals surface area contributed by atoms with Crippen LogP contribution in [0.2, 0.25) is 0 Å². The van der Waals surface area contributed by atoms with Crippen molar-refractivity contribution in [1.82, 2.24) is 30.1 Å². The molecule has 2 saturated heterocycles. The molecule has 2 fully saturated rings. The summed E-state index contributed by atoms with van der Waals surface area (Å²) >= 11 is 0. The molecule has 3 atom stereocenters. The fraction of sp³-hybridized carbons (Fsp3) is 0.615. The Bertz CT molecular complexity index is 1180. The van der Waals surface area contributed by atoms with Gasteiger partial charge in [-0.15, -0.1) is 5.10 Å². The van der Waals surface area contributed by atoms with Crippen LogP contribution in [0.5, 0.6) is 0 Å². The molecule has 35 heavy (non-hydrogen) atoms. The Labute approximate surface area is 205 Å². The minimum Gasteiger partial charge on any atom is -0.377 e. The van der Waals surface area contributed by atoms with E-state index in [1.165, 1.54) is 5.56 Å². The Morgan fingerprint density at radius 1 is 1.17 bits per heavy atom. The zero-order valence-corrected chi connectivity index (χ0v) is 20.8. The molecule has 0 aliphatic carbocycles. The van der Waals surface area contributed by atoms with Crippen LogP contribution in [0.3, 0.4) is 0 Å². The number of fused-ring (bicyclic) bond motifs is 1. The highest BCUT2D eigenvalue weighted by Crippen LogP contribution is 2.29. The first-order chi connectivity index (χ1) is 17.1. The van der Waals surface area contributed by atoms with Gasteiger partial charge in [0.2, 0.25) is 0 Å². The van der Waals surface area contributed by atoms with Crippen molar-refractivity contribution in [2.45, 2.75) is 83.7 Å². The number of hydrogen-bond donors (Lipinski definition) is 1. The third-order valence-electron chi connectivity index (χ3n) is 7.17. The maximum Gasteiger partial charge on any atom is 0.252 e. The summed E-state index contributed by atoms with van der Waals surface area (Å²) in [6, 6.07) is 8.12. The van der Waals surface area contributed by atoms with Gasteiger partial charge >= 0.3 is 0 Å². The van der Waals surface area contributed by atoms with Crippen molar-refractivity contribution in [3.63, 3.8) is 0 Å². The van der Waals surface area contributed by atoms with E-state index in [0.717, 1.165) is 80.6 Å². The largest absolute Gasteiger partial charge is 0.377 e. The molecule has 0 saturated carbocycles. The SMILES string of the molecule is CCC[C@H](c1nnnn1C[C@H]1CCCO1)N(Cc1cc2cc(C)ccc2[nH]c1=O)C[C@H]1CCCO1. The molecule has 5 rings (SSSR count). The van der Waals surface area contributed by atoms with E-state index in [1.807, 2.05) is 22.9 Å². The highest BCUT2D eigenvalue weighted by atomic mass is 16.5. The van der Waals surface area contributed by atoms with Gasteiger partial charge in [0.1, 0.15) is 0 Å². The quantitative estimate of drug-likeness (QED) is 0.474. The fourth-order valence-corrected chi connectivity index (χ4v) is 5.37. The van der Waals surface area contributed by atoms with Gasteiger partial charge in [-0.2, -0.15) is 0 Å². The van der Waals surface area contributed by atoms with E-state index in [0.29, 0.717) is 13.1 Å². The van der Waals surface area contributed by atoms with E-state index in [1.54, 1.807) is 0 Å². The lowest BCUT2D eigenvalue weighted by Crippen LogP contribution is -2.38. The maximum atomic E-state index is 13.1. The van der Waals surface area contributed by atoms with Crippen LogP contribution in [0, 0.1) is 6.92 Å². The van der Waals surface area contributed by atoms with Gasteiger partial charge in [-0.05, 0) is 73.0 Å². The summed E-state index contributed by atoms with van der Waals surface area (Å²) in [5.41, 5.74) is 2.73. The van der Waals surface area contributed by atoms with Crippen molar-refractivity contribution < 1.29 is 9.47 Å². The standard InChI is InChI=1S/C26H36N6O3/c1-3-6-24(25-28-29-30-32(25)17-22-8-5-12-35-22)31(16-21-7-4-11-34-21)15-20-14-19-13-18(2)9-10-23(19)27-26(20)33/h9-10,13-14,21-22,24H,3-8,11-12,15-17H2,1-2H3,(H,27,33)/t21-,22-,24-/m1/s1. The summed E-state index contributed by atoms with van der Waals surface area (Å²) in [5, 5.41) is 13.9. The van der Waals surface area contributed by atoms with Crippen molar-refractivity contribution in [1.29, 1.82) is 0 Å². The van der Waals surface area contributed by atoms with Crippen molar-refractivity contribution >= 4 is 10.9 Å². The highest BCUT2D eigenvalue weighted by molar-refractivity contribution is 5.79. The number of benzene rings is 1. The van der Waals surface area contributed by atoms with Gasteiger partial charge in [0.25, 0.3) is 5.56 Å². The van der Waals surface area contributed by atoms with E-state index in [9.17, 15) is 4.79 Å². The molecule has 4 heterocycles. The summed E-state index contributed by atoms with van der Waals surface area (Å²) in [6.45, 7) is 7.75. The molecule has 0 unspecified atom stereocenters. The second-order valence-corrected chi connectivity index (χ2v) is 9.94. The number of tetrazole rings is 1. The molecule has 0 amide bonds. The number of hydrogen-bond acceptors (Lipinski definition) is 7. The van der Waals surface area contributed by atoms with Gasteiger partial charge < -0.3 is 14.5 Å². The van der Waals surface area contributed by atoms with Crippen LogP contribution in [0.25, 0.3) is 10.9 Å². The maximum absolute atomic E-state index is 13.1. The van der Waals surface area contributed by atoms with Crippen molar-refractivity contribution in [2.24, 2.45) is 0 Å². The summed E-state index contributed by atoms with van der Waals surface area (Å²) < 4.78 is 13.8. The highest BCUT2D eigenvalue weighted by Gasteiger charge is 2.31. The third kappa shape index (κ3) is 5.63. The number of nitrogens with zero attached hydrogens (tertiary/aromatic N) is 5. The topological polar surface area (TPSA) is 98.2 Å². The third-order valence-corrected chi connectivity index (χ3v) is 7.17. The lowest BCUT2D eigenvalue weighted by Gasteiger charge is -2.32. The molecule has 0 bridgehead atoms. The Kier molecular flexibility index (Phi) is 7.55. The molecule has 1 N–H and O–H groups in total. The number of aromatic nitrogens is 5. The van der Waals surface area contributed by atoms with Crippen LogP contribution in [0.4, 0.5) is 0 Å². The summed E-state index contributed by atoms with van der Waals surface area (Å²) in [5.74, 6) is 0.841. The van der Waals surface area contributed by atoms with E-state index in [2.05, 4.69) is 45.3 Å². The minimum atomic E-state index is -0.0483. The number of pyridine rings is 1. The molecule has 3 aromatic rings. The van der Waals surface area contributed by atoms with Crippen molar-refractivity contribution in [2.75, 3.05) is 19.8 Å². The number of aryl methyl sites for hydroxylation is 1. The number of H-pyrrole nitrogens is 1. The first-order valence-corrected chi connectivity index (χ1v) is 13.0. The van der Waals surface area contributed by atoms with Gasteiger partial charge in [0, 0.05) is 37.4 Å². The first kappa shape index (κ1) is 24.1. The van der Waals surface area contributed by atoms with Gasteiger partial charge in [0.05, 0.1) is 24.8 Å². The molecular formula is C26H36N6O3. The Morgan fingerprint density at radius 2 is 1.97 bits per heavy atom. The number of aromatic amines is 1. The van der Waals surface area contributed by atoms with Crippen LogP contribution >= 0.6 is 0 Å². The zero-order chi connectivity index (χ0) is 24.2. The molecule has 0 spiro atoms. The molecule has 9 heteroatoms. The van der Waals surface area contributed by atoms with E-state index in [4.69, 9.17) is 9.47 Å². The van der Waals surface area contributed by atoms with E-state index >= 15 is 0 Å². The van der Waals surface area contributed by atoms with Gasteiger partial charge in [0.15, 0.2) is 5.82 Å². The molecule has 2 aliphatic heterocycles. The molecule has 2 aliphatic rings. The number of nitrogens with one attached hydrogen (secondary N) is 1. The smallest absolute Gasteiger partial charge is 0.252 e. The van der Waals surface area contributed by atoms with Gasteiger partial charge in [-0.3, -0.25) is 9.69 Å². The summed E-state index contributed by atoms with van der Waals surface area (Å²) in [7, 11) is 0. The fourth-order valence-electron chi connectivity index (χ4n) is 5.37. The molecule has 9 nitrogen and oxygen atoms in total. The average Bonchev–Trinajstić information content (AvgIpc) is 3.62. The second kappa shape index (κ2) is 11.0. The molecular weight excluding hydrogens is 444 g/mol. The van der Waals surface area contributed by atoms with Crippen LogP contribution in [-0.2, 0) is 22.6 Å². The van der Waals surface area contributed by atoms with Crippen LogP contribution in [0.1, 0.15) is 68.4 Å². The Morgan fingerprint density at radius 3 is 2.71 bits per heavy atom. The lowest BCUT2D eigenvalue weighted by molar-refractivity contribution is 0.0457. The predicted octanol–water partition coefficient (Wildman–Crippen LogP) is 3.52. The van der Waals surface area contributed by atoms with Gasteiger partial charge in [-0.1, -0.05) is 25.0 Å². The van der Waals surface area contributed by atoms with Crippen LogP contribution in [0.15, 0.2) is 29.1 Å². The lowest BCUT2D eigenvalue weighted by atomic mass is 10.0. The molecule has 2 aromatic heterocycles. The molecule has 0 radical (unpaired) electrons. The first-order valence-electron chi connectivity index (χ1n) is 13.0. The number of ether oxygens (including phenoxy) is 2. The molecule has 188 valence electrons. The van der Waals surface area contributed by atoms with Crippen LogP contribution in [-0.4, -0.2) is 62.1 Å². The average molecular weight is 481 g/mol. The normalized spacial score (nSPS) is 21.3. The Hall–Kier alpha value is -2.62. The predicted molar refractivity (Wildman–Crippen MR) is 133 cm³/mol. The van der Waals surface area contributed by atoms with Crippen LogP contribution < -0.4 is 5.56 Å². The number of rotatable bonds is 10. The summed E-state index contributed by atoms with van der Waals surface area (Å²) in [6.07, 6.45) is 6.39. The molecule has 1 aromatic carbocycles. The minimum absolute atomic E-state index is 0.0202. The second-order valence-electron chi connectivity index (χ2n) is 9.94. The van der Waals surface area contributed by atoms with E-state index in [-0.39, 0.29) is 23.8 Å². The zero-order valence-electron chi connectivity index (χ0n) is 20.8. The summed E-state index contributed by atoms with van der Waals surface area (Å²) in [4.78, 5) is 18.5. The van der Waals surface area contributed by atoms with E-state index < -0.39 is 0 Å². The Balaban J connectivity index is 1.47. The monoisotopic (exact) mass is 480 g/mol. The van der Waals surface area contributed by atoms with Crippen molar-refractivity contribution in [3.8, 4) is 0 Å².